The maximum atomic E-state index is 11.0. The summed E-state index contributed by atoms with van der Waals surface area (Å²) in [7, 11) is 0. The quantitative estimate of drug-likeness (QED) is 0.922. The number of aryl methyl sites for hydroxylation is 2. The van der Waals surface area contributed by atoms with Gasteiger partial charge in [-0.2, -0.15) is 0 Å². The Labute approximate surface area is 127 Å². The molecule has 112 valence electrons. The van der Waals surface area contributed by atoms with Crippen LogP contribution in [0.5, 0.6) is 0 Å². The van der Waals surface area contributed by atoms with Gasteiger partial charge in [-0.05, 0) is 18.9 Å². The Morgan fingerprint density at radius 3 is 2.67 bits per heavy atom. The predicted octanol–water partition coefficient (Wildman–Crippen LogP) is 2.36. The van der Waals surface area contributed by atoms with Gasteiger partial charge in [-0.15, -0.1) is 11.3 Å². The third-order valence-corrected chi connectivity index (χ3v) is 5.32. The molecule has 6 nitrogen and oxygen atoms in total. The molecule has 3 heterocycles. The fraction of sp³-hybridized carbons (Fsp3) is 0.500. The molecule has 0 aromatic carbocycles. The first-order chi connectivity index (χ1) is 10.1. The molecule has 1 aliphatic heterocycles. The zero-order valence-electron chi connectivity index (χ0n) is 12.2. The van der Waals surface area contributed by atoms with Gasteiger partial charge in [0.2, 0.25) is 0 Å². The fourth-order valence-corrected chi connectivity index (χ4v) is 3.86. The van der Waals surface area contributed by atoms with E-state index in [0.717, 1.165) is 22.5 Å². The summed E-state index contributed by atoms with van der Waals surface area (Å²) in [6.07, 6.45) is 1.76. The van der Waals surface area contributed by atoms with Crippen LogP contribution in [0, 0.1) is 6.92 Å². The number of hydrogen-bond acceptors (Lipinski definition) is 5. The van der Waals surface area contributed by atoms with Gasteiger partial charge in [0.1, 0.15) is 17.0 Å². The van der Waals surface area contributed by atoms with E-state index in [1.54, 1.807) is 17.7 Å². The second-order valence-electron chi connectivity index (χ2n) is 5.14. The van der Waals surface area contributed by atoms with Crippen LogP contribution in [-0.2, 0) is 6.42 Å². The van der Waals surface area contributed by atoms with Crippen LogP contribution in [-0.4, -0.2) is 52.2 Å². The van der Waals surface area contributed by atoms with Crippen LogP contribution in [0.3, 0.4) is 0 Å². The van der Waals surface area contributed by atoms with Crippen molar-refractivity contribution < 1.29 is 9.90 Å². The van der Waals surface area contributed by atoms with Gasteiger partial charge in [0.25, 0.3) is 0 Å². The van der Waals surface area contributed by atoms with Gasteiger partial charge < -0.3 is 14.9 Å². The van der Waals surface area contributed by atoms with E-state index >= 15 is 0 Å². The van der Waals surface area contributed by atoms with Gasteiger partial charge >= 0.3 is 6.09 Å². The number of amides is 1. The number of rotatable bonds is 2. The van der Waals surface area contributed by atoms with Crippen LogP contribution in [0.15, 0.2) is 6.33 Å². The minimum Gasteiger partial charge on any atom is -0.465 e. The smallest absolute Gasteiger partial charge is 0.407 e. The van der Waals surface area contributed by atoms with Crippen LogP contribution < -0.4 is 4.90 Å². The highest BCUT2D eigenvalue weighted by atomic mass is 32.1. The third-order valence-electron chi connectivity index (χ3n) is 3.98. The summed E-state index contributed by atoms with van der Waals surface area (Å²) >= 11 is 1.73. The van der Waals surface area contributed by atoms with Gasteiger partial charge in [0.15, 0.2) is 0 Å². The lowest BCUT2D eigenvalue weighted by Crippen LogP contribution is -2.48. The molecule has 0 atom stereocenters. The van der Waals surface area contributed by atoms with Crippen molar-refractivity contribution in [2.45, 2.75) is 20.3 Å². The first kappa shape index (κ1) is 14.1. The molecule has 2 aromatic rings. The van der Waals surface area contributed by atoms with Crippen molar-refractivity contribution in [2.24, 2.45) is 0 Å². The molecule has 0 aliphatic carbocycles. The molecule has 1 N–H and O–H groups in total. The lowest BCUT2D eigenvalue weighted by molar-refractivity contribution is 0.142. The molecule has 3 rings (SSSR count). The third kappa shape index (κ3) is 2.42. The Bertz CT molecular complexity index is 677. The summed E-state index contributed by atoms with van der Waals surface area (Å²) < 4.78 is 0. The van der Waals surface area contributed by atoms with Crippen molar-refractivity contribution in [3.05, 3.63) is 16.8 Å². The summed E-state index contributed by atoms with van der Waals surface area (Å²) in [5, 5.41) is 10.2. The summed E-state index contributed by atoms with van der Waals surface area (Å²) in [5.41, 5.74) is 1.26. The monoisotopic (exact) mass is 306 g/mol. The minimum absolute atomic E-state index is 0.519. The minimum atomic E-state index is -0.845. The molecule has 2 aromatic heterocycles. The average molecular weight is 306 g/mol. The number of carboxylic acid groups (broad SMARTS) is 1. The van der Waals surface area contributed by atoms with E-state index in [9.17, 15) is 4.79 Å². The van der Waals surface area contributed by atoms with E-state index < -0.39 is 6.09 Å². The molecule has 0 radical (unpaired) electrons. The second-order valence-corrected chi connectivity index (χ2v) is 6.22. The molecule has 1 fully saturated rings. The molecule has 0 unspecified atom stereocenters. The Balaban J connectivity index is 1.94. The Morgan fingerprint density at radius 1 is 1.33 bits per heavy atom. The van der Waals surface area contributed by atoms with Crippen molar-refractivity contribution in [1.82, 2.24) is 14.9 Å². The fourth-order valence-electron chi connectivity index (χ4n) is 2.79. The van der Waals surface area contributed by atoms with Crippen molar-refractivity contribution in [2.75, 3.05) is 31.1 Å². The number of carbonyl (C=O) groups is 1. The van der Waals surface area contributed by atoms with Crippen LogP contribution in [0.25, 0.3) is 10.2 Å². The van der Waals surface area contributed by atoms with E-state index in [2.05, 4.69) is 28.7 Å². The highest BCUT2D eigenvalue weighted by Gasteiger charge is 2.24. The van der Waals surface area contributed by atoms with Crippen LogP contribution in [0.4, 0.5) is 10.6 Å². The van der Waals surface area contributed by atoms with E-state index in [0.29, 0.717) is 26.2 Å². The molecule has 7 heteroatoms. The van der Waals surface area contributed by atoms with Crippen molar-refractivity contribution in [1.29, 1.82) is 0 Å². The number of piperazine rings is 1. The van der Waals surface area contributed by atoms with Gasteiger partial charge in [0.05, 0.1) is 5.39 Å². The highest BCUT2D eigenvalue weighted by Crippen LogP contribution is 2.35. The summed E-state index contributed by atoms with van der Waals surface area (Å²) in [5.74, 6) is 0.943. The average Bonchev–Trinajstić information content (AvgIpc) is 2.84. The van der Waals surface area contributed by atoms with Gasteiger partial charge in [-0.1, -0.05) is 6.92 Å². The van der Waals surface area contributed by atoms with E-state index in [1.165, 1.54) is 15.3 Å². The van der Waals surface area contributed by atoms with Gasteiger partial charge in [-0.3, -0.25) is 0 Å². The lowest BCUT2D eigenvalue weighted by atomic mass is 10.1. The van der Waals surface area contributed by atoms with Gasteiger partial charge in [0, 0.05) is 31.1 Å². The zero-order valence-corrected chi connectivity index (χ0v) is 13.0. The highest BCUT2D eigenvalue weighted by molar-refractivity contribution is 7.18. The summed E-state index contributed by atoms with van der Waals surface area (Å²) in [6.45, 7) is 6.66. The molecule has 21 heavy (non-hydrogen) atoms. The summed E-state index contributed by atoms with van der Waals surface area (Å²) in [6, 6.07) is 0. The number of aromatic nitrogens is 2. The number of fused-ring (bicyclic) bond motifs is 1. The topological polar surface area (TPSA) is 69.6 Å². The zero-order chi connectivity index (χ0) is 15.0. The molecular weight excluding hydrogens is 288 g/mol. The Kier molecular flexibility index (Phi) is 3.67. The molecule has 0 bridgehead atoms. The number of anilines is 1. The van der Waals surface area contributed by atoms with Crippen molar-refractivity contribution >= 4 is 33.5 Å². The molecule has 1 aliphatic rings. The largest absolute Gasteiger partial charge is 0.465 e. The second kappa shape index (κ2) is 5.48. The standard InChI is InChI=1S/C14H18N4O2S/c1-3-10-9(2)11-12(15-8-16-13(11)21-10)17-4-6-18(7-5-17)14(19)20/h8H,3-7H2,1-2H3,(H,19,20). The van der Waals surface area contributed by atoms with Crippen LogP contribution in [0.1, 0.15) is 17.4 Å². The molecule has 1 amide bonds. The van der Waals surface area contributed by atoms with Crippen LogP contribution >= 0.6 is 11.3 Å². The maximum absolute atomic E-state index is 11.0. The summed E-state index contributed by atoms with van der Waals surface area (Å²) in [4.78, 5) is 25.8. The Morgan fingerprint density at radius 2 is 2.05 bits per heavy atom. The number of nitrogens with zero attached hydrogens (tertiary/aromatic N) is 4. The maximum Gasteiger partial charge on any atom is 0.407 e. The van der Waals surface area contributed by atoms with Crippen molar-refractivity contribution in [3.8, 4) is 0 Å². The lowest BCUT2D eigenvalue weighted by Gasteiger charge is -2.34. The Hall–Kier alpha value is -1.89. The van der Waals surface area contributed by atoms with Crippen LogP contribution in [0.2, 0.25) is 0 Å². The predicted molar refractivity (Wildman–Crippen MR) is 83.3 cm³/mol. The van der Waals surface area contributed by atoms with Gasteiger partial charge in [-0.25, -0.2) is 14.8 Å². The molecule has 0 spiro atoms. The van der Waals surface area contributed by atoms with E-state index in [4.69, 9.17) is 5.11 Å². The number of hydrogen-bond donors (Lipinski definition) is 1. The first-order valence-corrected chi connectivity index (χ1v) is 7.89. The normalized spacial score (nSPS) is 15.7. The molecule has 1 saturated heterocycles. The van der Waals surface area contributed by atoms with E-state index in [1.807, 2.05) is 0 Å². The van der Waals surface area contributed by atoms with E-state index in [-0.39, 0.29) is 0 Å². The first-order valence-electron chi connectivity index (χ1n) is 7.07. The van der Waals surface area contributed by atoms with Crippen molar-refractivity contribution in [3.63, 3.8) is 0 Å². The number of thiophene rings is 1. The SMILES string of the molecule is CCc1sc2ncnc(N3CCN(C(=O)O)CC3)c2c1C. The molecule has 0 saturated carbocycles. The molecular formula is C14H18N4O2S.